The molecule has 0 aliphatic rings. The van der Waals surface area contributed by atoms with Gasteiger partial charge < -0.3 is 24.3 Å². The molecule has 0 aliphatic carbocycles. The lowest BCUT2D eigenvalue weighted by Crippen LogP contribution is -2.48. The number of aromatic nitrogens is 3. The Morgan fingerprint density at radius 1 is 1.11 bits per heavy atom. The van der Waals surface area contributed by atoms with Crippen molar-refractivity contribution in [2.45, 2.75) is 70.8 Å². The van der Waals surface area contributed by atoms with Crippen molar-refractivity contribution in [3.63, 3.8) is 0 Å². The van der Waals surface area contributed by atoms with Gasteiger partial charge in [-0.2, -0.15) is 4.98 Å². The number of fused-ring (bicyclic) bond motifs is 1. The Balaban J connectivity index is 1.93. The Hall–Kier alpha value is -4.11. The quantitative estimate of drug-likeness (QED) is 0.233. The first-order chi connectivity index (χ1) is 20.4. The van der Waals surface area contributed by atoms with Gasteiger partial charge in [0.2, 0.25) is 6.29 Å². The lowest BCUT2D eigenvalue weighted by atomic mass is 9.99. The molecule has 3 atom stereocenters. The highest BCUT2D eigenvalue weighted by Gasteiger charge is 2.33. The summed E-state index contributed by atoms with van der Waals surface area (Å²) >= 11 is 6.08. The van der Waals surface area contributed by atoms with Crippen molar-refractivity contribution in [3.05, 3.63) is 41.6 Å². The highest BCUT2D eigenvalue weighted by atomic mass is 35.5. The molecule has 0 radical (unpaired) electrons. The third-order valence-corrected chi connectivity index (χ3v) is 7.51. The summed E-state index contributed by atoms with van der Waals surface area (Å²) < 4.78 is 47.2. The molecule has 44 heavy (non-hydrogen) atoms. The fourth-order valence-corrected chi connectivity index (χ4v) is 4.65. The van der Waals surface area contributed by atoms with Gasteiger partial charge in [0.25, 0.3) is 5.95 Å². The molecule has 3 aromatic rings. The Bertz CT molecular complexity index is 1640. The fourth-order valence-electron chi connectivity index (χ4n) is 3.86. The summed E-state index contributed by atoms with van der Waals surface area (Å²) in [5, 5.41) is 7.19. The number of rotatable bonds is 10. The monoisotopic (exact) mass is 653 g/mol. The maximum absolute atomic E-state index is 13.7. The number of benzene rings is 1. The summed E-state index contributed by atoms with van der Waals surface area (Å²) in [6.45, 7) is 9.96. The molecule has 0 spiro atoms. The standard InChI is InChI=1S/C28H36ClN5O9S/c1-9-16(2)23(31-26(36)43-28(4,5)6)24(35)41-17(3)42-27(37)34(25-30-22-13-10-18(29)15-33(22)32-25)20-12-11-19(44(8,38)39)14-21(20)40-7/h10-17,23H,9H2,1-8H3,(H,31,36)/t16-,17?,23-/m0/s1. The third kappa shape index (κ3) is 8.72. The molecule has 0 aliphatic heterocycles. The van der Waals surface area contributed by atoms with Crippen LogP contribution in [-0.4, -0.2) is 72.5 Å². The summed E-state index contributed by atoms with van der Waals surface area (Å²) in [5.74, 6) is -1.39. The molecule has 2 amide bonds. The summed E-state index contributed by atoms with van der Waals surface area (Å²) in [5.41, 5.74) is -0.425. The summed E-state index contributed by atoms with van der Waals surface area (Å²) in [4.78, 5) is 44.4. The number of sulfone groups is 1. The highest BCUT2D eigenvalue weighted by molar-refractivity contribution is 7.90. The van der Waals surface area contributed by atoms with Crippen LogP contribution in [0.25, 0.3) is 5.65 Å². The number of hydrogen-bond acceptors (Lipinski definition) is 11. The Morgan fingerprint density at radius 3 is 2.39 bits per heavy atom. The Kier molecular flexibility index (Phi) is 10.7. The van der Waals surface area contributed by atoms with Gasteiger partial charge >= 0.3 is 18.2 Å². The van der Waals surface area contributed by atoms with E-state index < -0.39 is 45.9 Å². The molecular formula is C28H36ClN5O9S. The zero-order valence-electron chi connectivity index (χ0n) is 25.7. The van der Waals surface area contributed by atoms with E-state index in [1.807, 2.05) is 6.92 Å². The van der Waals surface area contributed by atoms with Crippen LogP contribution in [-0.2, 0) is 28.8 Å². The predicted octanol–water partition coefficient (Wildman–Crippen LogP) is 4.90. The molecule has 1 N–H and O–H groups in total. The van der Waals surface area contributed by atoms with E-state index in [2.05, 4.69) is 15.4 Å². The number of carbonyl (C=O) groups is 3. The molecule has 14 nitrogen and oxygen atoms in total. The molecule has 240 valence electrons. The van der Waals surface area contributed by atoms with E-state index in [0.717, 1.165) is 11.2 Å². The maximum Gasteiger partial charge on any atom is 0.424 e. The zero-order chi connectivity index (χ0) is 33.0. The van der Waals surface area contributed by atoms with Crippen molar-refractivity contribution in [2.24, 2.45) is 5.92 Å². The van der Waals surface area contributed by atoms with Gasteiger partial charge in [-0.05, 0) is 51.0 Å². The molecule has 1 unspecified atom stereocenters. The van der Waals surface area contributed by atoms with E-state index in [0.29, 0.717) is 17.1 Å². The van der Waals surface area contributed by atoms with Crippen LogP contribution in [0.3, 0.4) is 0 Å². The second-order valence-corrected chi connectivity index (χ2v) is 13.4. The van der Waals surface area contributed by atoms with Gasteiger partial charge in [0.1, 0.15) is 17.4 Å². The van der Waals surface area contributed by atoms with E-state index in [9.17, 15) is 22.8 Å². The van der Waals surface area contributed by atoms with E-state index in [1.165, 1.54) is 42.9 Å². The van der Waals surface area contributed by atoms with Crippen LogP contribution in [0.4, 0.5) is 21.2 Å². The Morgan fingerprint density at radius 2 is 1.80 bits per heavy atom. The van der Waals surface area contributed by atoms with Crippen LogP contribution in [0, 0.1) is 5.92 Å². The van der Waals surface area contributed by atoms with E-state index in [4.69, 9.17) is 30.5 Å². The second kappa shape index (κ2) is 13.7. The number of ether oxygens (including phenoxy) is 4. The SMILES string of the molecule is CC[C@H](C)[C@H](NC(=O)OC(C)(C)C)C(=O)OC(C)OC(=O)N(c1nc2ccc(Cl)cn2n1)c1ccc(S(C)(=O)=O)cc1OC. The summed E-state index contributed by atoms with van der Waals surface area (Å²) in [7, 11) is -2.32. The summed E-state index contributed by atoms with van der Waals surface area (Å²) in [6, 6.07) is 5.91. The number of nitrogens with one attached hydrogen (secondary N) is 1. The number of amides is 2. The van der Waals surface area contributed by atoms with Crippen molar-refractivity contribution < 1.29 is 41.7 Å². The number of anilines is 2. The van der Waals surface area contributed by atoms with Gasteiger partial charge in [-0.1, -0.05) is 31.9 Å². The lowest BCUT2D eigenvalue weighted by molar-refractivity contribution is -0.168. The van der Waals surface area contributed by atoms with Crippen molar-refractivity contribution in [1.29, 1.82) is 0 Å². The smallest absolute Gasteiger partial charge is 0.424 e. The van der Waals surface area contributed by atoms with Crippen molar-refractivity contribution in [2.75, 3.05) is 18.3 Å². The van der Waals surface area contributed by atoms with Crippen molar-refractivity contribution in [3.8, 4) is 5.75 Å². The first kappa shape index (κ1) is 34.4. The van der Waals surface area contributed by atoms with Gasteiger partial charge in [-0.25, -0.2) is 32.2 Å². The minimum atomic E-state index is -3.62. The second-order valence-electron chi connectivity index (χ2n) is 10.9. The molecule has 1 aromatic carbocycles. The fraction of sp³-hybridized carbons (Fsp3) is 0.464. The maximum atomic E-state index is 13.7. The number of alkyl carbamates (subject to hydrolysis) is 1. The molecule has 3 rings (SSSR count). The number of halogens is 1. The van der Waals surface area contributed by atoms with Crippen molar-refractivity contribution >= 4 is 56.9 Å². The largest absolute Gasteiger partial charge is 0.495 e. The van der Waals surface area contributed by atoms with Crippen LogP contribution in [0.15, 0.2) is 41.4 Å². The van der Waals surface area contributed by atoms with Crippen LogP contribution >= 0.6 is 11.6 Å². The molecule has 0 fully saturated rings. The average Bonchev–Trinajstić information content (AvgIpc) is 3.32. The number of esters is 1. The van der Waals surface area contributed by atoms with Gasteiger partial charge in [0, 0.05) is 25.4 Å². The predicted molar refractivity (Wildman–Crippen MR) is 161 cm³/mol. The number of pyridine rings is 1. The molecule has 2 aromatic heterocycles. The topological polar surface area (TPSA) is 168 Å². The summed E-state index contributed by atoms with van der Waals surface area (Å²) in [6.07, 6.45) is -0.322. The van der Waals surface area contributed by atoms with Gasteiger partial charge in [-0.15, -0.1) is 5.10 Å². The first-order valence-corrected chi connectivity index (χ1v) is 15.8. The first-order valence-electron chi connectivity index (χ1n) is 13.5. The minimum Gasteiger partial charge on any atom is -0.495 e. The van der Waals surface area contributed by atoms with E-state index >= 15 is 0 Å². The molecule has 0 bridgehead atoms. The molecule has 2 heterocycles. The minimum absolute atomic E-state index is 0.00944. The zero-order valence-corrected chi connectivity index (χ0v) is 27.2. The number of methoxy groups -OCH3 is 1. The molecule has 0 saturated carbocycles. The van der Waals surface area contributed by atoms with E-state index in [1.54, 1.807) is 39.8 Å². The third-order valence-electron chi connectivity index (χ3n) is 6.17. The van der Waals surface area contributed by atoms with Crippen LogP contribution in [0.2, 0.25) is 5.02 Å². The molecule has 16 heteroatoms. The molecule has 0 saturated heterocycles. The van der Waals surface area contributed by atoms with E-state index in [-0.39, 0.29) is 28.2 Å². The lowest BCUT2D eigenvalue weighted by Gasteiger charge is -2.27. The number of hydrogen-bond donors (Lipinski definition) is 1. The van der Waals surface area contributed by atoms with Crippen molar-refractivity contribution in [1.82, 2.24) is 19.9 Å². The normalized spacial score (nSPS) is 13.8. The molecular weight excluding hydrogens is 618 g/mol. The van der Waals surface area contributed by atoms with Crippen LogP contribution < -0.4 is 15.0 Å². The number of nitrogens with zero attached hydrogens (tertiary/aromatic N) is 4. The number of carbonyl (C=O) groups excluding carboxylic acids is 3. The van der Waals surface area contributed by atoms with Gasteiger partial charge in [0.05, 0.1) is 22.7 Å². The van der Waals surface area contributed by atoms with Gasteiger partial charge in [-0.3, -0.25) is 0 Å². The average molecular weight is 654 g/mol. The highest BCUT2D eigenvalue weighted by Crippen LogP contribution is 2.35. The van der Waals surface area contributed by atoms with Gasteiger partial charge in [0.15, 0.2) is 15.5 Å². The van der Waals surface area contributed by atoms with Crippen LogP contribution in [0.5, 0.6) is 5.75 Å². The van der Waals surface area contributed by atoms with Crippen LogP contribution in [0.1, 0.15) is 48.0 Å². The Labute approximate surface area is 260 Å².